The van der Waals surface area contributed by atoms with Crippen LogP contribution in [0.25, 0.3) is 0 Å². The predicted molar refractivity (Wildman–Crippen MR) is 78.2 cm³/mol. The van der Waals surface area contributed by atoms with Crippen LogP contribution in [-0.4, -0.2) is 5.91 Å². The molecule has 0 atom stereocenters. The summed E-state index contributed by atoms with van der Waals surface area (Å²) in [6.07, 6.45) is 0. The minimum atomic E-state index is -0.632. The van der Waals surface area contributed by atoms with Crippen LogP contribution in [-0.2, 0) is 0 Å². The van der Waals surface area contributed by atoms with Gasteiger partial charge in [-0.25, -0.2) is 4.39 Å². The molecule has 0 saturated heterocycles. The Kier molecular flexibility index (Phi) is 4.38. The van der Waals surface area contributed by atoms with Crippen LogP contribution in [0.15, 0.2) is 40.9 Å². The molecule has 2 aromatic carbocycles. The highest BCUT2D eigenvalue weighted by Crippen LogP contribution is 2.23. The maximum Gasteiger partial charge on any atom is 0.257 e. The molecule has 1 N–H and O–H groups in total. The summed E-state index contributed by atoms with van der Waals surface area (Å²) in [5, 5.41) is 11.6. The van der Waals surface area contributed by atoms with Crippen molar-refractivity contribution in [1.29, 1.82) is 5.26 Å². The molecule has 0 spiro atoms. The van der Waals surface area contributed by atoms with E-state index >= 15 is 0 Å². The Morgan fingerprint density at radius 2 is 2.05 bits per heavy atom. The van der Waals surface area contributed by atoms with Crippen molar-refractivity contribution in [2.45, 2.75) is 0 Å². The van der Waals surface area contributed by atoms with Gasteiger partial charge in [0.25, 0.3) is 5.91 Å². The van der Waals surface area contributed by atoms with Gasteiger partial charge < -0.3 is 5.32 Å². The number of nitriles is 1. The first kappa shape index (κ1) is 14.5. The number of amides is 1. The number of halogens is 3. The molecule has 0 saturated carbocycles. The summed E-state index contributed by atoms with van der Waals surface area (Å²) in [6.45, 7) is 0. The minimum absolute atomic E-state index is 0.135. The summed E-state index contributed by atoms with van der Waals surface area (Å²) in [5.74, 6) is -1.06. The summed E-state index contributed by atoms with van der Waals surface area (Å²) >= 11 is 9.22. The van der Waals surface area contributed by atoms with Crippen molar-refractivity contribution < 1.29 is 9.18 Å². The summed E-state index contributed by atoms with van der Waals surface area (Å²) in [7, 11) is 0. The Balaban J connectivity index is 2.26. The van der Waals surface area contributed by atoms with Gasteiger partial charge in [-0.3, -0.25) is 4.79 Å². The number of rotatable bonds is 2. The average molecular weight is 354 g/mol. The normalized spacial score (nSPS) is 9.90. The van der Waals surface area contributed by atoms with Gasteiger partial charge in [0, 0.05) is 10.2 Å². The van der Waals surface area contributed by atoms with E-state index in [0.29, 0.717) is 10.7 Å². The van der Waals surface area contributed by atoms with E-state index < -0.39 is 11.7 Å². The number of hydrogen-bond acceptors (Lipinski definition) is 2. The van der Waals surface area contributed by atoms with Gasteiger partial charge in [-0.05, 0) is 36.4 Å². The van der Waals surface area contributed by atoms with Crippen LogP contribution in [0.2, 0.25) is 5.02 Å². The van der Waals surface area contributed by atoms with Gasteiger partial charge >= 0.3 is 0 Å². The highest BCUT2D eigenvalue weighted by molar-refractivity contribution is 9.10. The topological polar surface area (TPSA) is 52.9 Å². The van der Waals surface area contributed by atoms with Crippen LogP contribution in [0.3, 0.4) is 0 Å². The fourth-order valence-corrected chi connectivity index (χ4v) is 2.32. The smallest absolute Gasteiger partial charge is 0.257 e. The molecule has 0 aliphatic rings. The summed E-state index contributed by atoms with van der Waals surface area (Å²) in [6, 6.07) is 10.3. The standard InChI is InChI=1S/C14H7BrClFN2O/c15-9-1-3-11(12(16)6-9)14(20)19-10-2-4-13(17)8(5-10)7-18/h1-6H,(H,19,20). The summed E-state index contributed by atoms with van der Waals surface area (Å²) in [5.41, 5.74) is 0.481. The van der Waals surface area contributed by atoms with E-state index in [1.165, 1.54) is 12.1 Å². The number of carbonyl (C=O) groups is 1. The lowest BCUT2D eigenvalue weighted by Gasteiger charge is -2.07. The molecule has 0 aliphatic heterocycles. The largest absolute Gasteiger partial charge is 0.322 e. The molecule has 0 unspecified atom stereocenters. The monoisotopic (exact) mass is 352 g/mol. The van der Waals surface area contributed by atoms with E-state index in [9.17, 15) is 9.18 Å². The maximum absolute atomic E-state index is 13.2. The molecule has 20 heavy (non-hydrogen) atoms. The third-order valence-corrected chi connectivity index (χ3v) is 3.33. The zero-order chi connectivity index (χ0) is 14.7. The number of carbonyl (C=O) groups excluding carboxylic acids is 1. The van der Waals surface area contributed by atoms with Crippen molar-refractivity contribution in [1.82, 2.24) is 0 Å². The number of hydrogen-bond donors (Lipinski definition) is 1. The van der Waals surface area contributed by atoms with Crippen LogP contribution in [0, 0.1) is 17.1 Å². The third-order valence-electron chi connectivity index (χ3n) is 2.52. The Morgan fingerprint density at radius 1 is 1.30 bits per heavy atom. The number of benzene rings is 2. The second kappa shape index (κ2) is 6.04. The quantitative estimate of drug-likeness (QED) is 0.872. The van der Waals surface area contributed by atoms with Gasteiger partial charge in [0.05, 0.1) is 16.1 Å². The van der Waals surface area contributed by atoms with E-state index in [1.54, 1.807) is 24.3 Å². The molecule has 100 valence electrons. The Bertz CT molecular complexity index is 728. The average Bonchev–Trinajstić information content (AvgIpc) is 2.40. The van der Waals surface area contributed by atoms with Crippen molar-refractivity contribution >= 4 is 39.1 Å². The molecule has 1 amide bonds. The molecule has 0 aliphatic carbocycles. The molecule has 0 heterocycles. The molecule has 6 heteroatoms. The summed E-state index contributed by atoms with van der Waals surface area (Å²) < 4.78 is 13.9. The lowest BCUT2D eigenvalue weighted by Crippen LogP contribution is -2.12. The van der Waals surface area contributed by atoms with Crippen LogP contribution < -0.4 is 5.32 Å². The van der Waals surface area contributed by atoms with E-state index in [0.717, 1.165) is 10.5 Å². The highest BCUT2D eigenvalue weighted by atomic mass is 79.9. The number of anilines is 1. The first-order chi connectivity index (χ1) is 9.51. The van der Waals surface area contributed by atoms with Gasteiger partial charge in [-0.1, -0.05) is 27.5 Å². The zero-order valence-corrected chi connectivity index (χ0v) is 12.3. The first-order valence-electron chi connectivity index (χ1n) is 5.47. The molecule has 0 radical (unpaired) electrons. The molecular weight excluding hydrogens is 347 g/mol. The Hall–Kier alpha value is -1.90. The Labute approximate surface area is 128 Å². The van der Waals surface area contributed by atoms with E-state index in [-0.39, 0.29) is 11.1 Å². The molecule has 2 rings (SSSR count). The maximum atomic E-state index is 13.2. The fourth-order valence-electron chi connectivity index (χ4n) is 1.56. The van der Waals surface area contributed by atoms with Crippen LogP contribution >= 0.6 is 27.5 Å². The second-order valence-electron chi connectivity index (χ2n) is 3.88. The SMILES string of the molecule is N#Cc1cc(NC(=O)c2ccc(Br)cc2Cl)ccc1F. The van der Waals surface area contributed by atoms with Crippen molar-refractivity contribution in [3.63, 3.8) is 0 Å². The number of nitrogens with zero attached hydrogens (tertiary/aromatic N) is 1. The highest BCUT2D eigenvalue weighted by Gasteiger charge is 2.12. The Morgan fingerprint density at radius 3 is 2.70 bits per heavy atom. The van der Waals surface area contributed by atoms with Crippen LogP contribution in [0.4, 0.5) is 10.1 Å². The molecule has 0 bridgehead atoms. The second-order valence-corrected chi connectivity index (χ2v) is 5.21. The van der Waals surface area contributed by atoms with E-state index in [4.69, 9.17) is 16.9 Å². The van der Waals surface area contributed by atoms with Crippen molar-refractivity contribution in [3.8, 4) is 6.07 Å². The van der Waals surface area contributed by atoms with Crippen molar-refractivity contribution in [3.05, 3.63) is 62.8 Å². The van der Waals surface area contributed by atoms with E-state index in [1.807, 2.05) is 0 Å². The summed E-state index contributed by atoms with van der Waals surface area (Å²) in [4.78, 5) is 12.0. The molecule has 0 fully saturated rings. The third kappa shape index (κ3) is 3.16. The fraction of sp³-hybridized carbons (Fsp3) is 0. The van der Waals surface area contributed by atoms with Crippen LogP contribution in [0.5, 0.6) is 0 Å². The van der Waals surface area contributed by atoms with Crippen molar-refractivity contribution in [2.24, 2.45) is 0 Å². The van der Waals surface area contributed by atoms with Crippen LogP contribution in [0.1, 0.15) is 15.9 Å². The molecule has 2 aromatic rings. The van der Waals surface area contributed by atoms with Gasteiger partial charge in [-0.15, -0.1) is 0 Å². The first-order valence-corrected chi connectivity index (χ1v) is 6.64. The van der Waals surface area contributed by atoms with Gasteiger partial charge in [0.1, 0.15) is 11.9 Å². The molecular formula is C14H7BrClFN2O. The minimum Gasteiger partial charge on any atom is -0.322 e. The van der Waals surface area contributed by atoms with Gasteiger partial charge in [0.2, 0.25) is 0 Å². The zero-order valence-electron chi connectivity index (χ0n) is 9.95. The lowest BCUT2D eigenvalue weighted by molar-refractivity contribution is 0.102. The number of nitrogens with one attached hydrogen (secondary N) is 1. The van der Waals surface area contributed by atoms with E-state index in [2.05, 4.69) is 21.2 Å². The van der Waals surface area contributed by atoms with Gasteiger partial charge in [-0.2, -0.15) is 5.26 Å². The molecule has 3 nitrogen and oxygen atoms in total. The predicted octanol–water partition coefficient (Wildman–Crippen LogP) is 4.37. The van der Waals surface area contributed by atoms with Gasteiger partial charge in [0.15, 0.2) is 0 Å². The lowest BCUT2D eigenvalue weighted by atomic mass is 10.1. The van der Waals surface area contributed by atoms with Crippen molar-refractivity contribution in [2.75, 3.05) is 5.32 Å². The molecule has 0 aromatic heterocycles.